The van der Waals surface area contributed by atoms with Crippen LogP contribution in [0.5, 0.6) is 0 Å². The molecule has 0 spiro atoms. The largest absolute Gasteiger partial charge is 0.293 e. The van der Waals surface area contributed by atoms with Crippen LogP contribution in [-0.4, -0.2) is 33.3 Å². The zero-order valence-electron chi connectivity index (χ0n) is 18.9. The van der Waals surface area contributed by atoms with Crippen LogP contribution in [0, 0.1) is 10.1 Å². The molecule has 37 heavy (non-hydrogen) atoms. The molecule has 0 atom stereocenters. The first kappa shape index (κ1) is 23.0. The SMILES string of the molecule is O=C(CSc1nc2ccc(N3C(=O)c4cccc5cccc(c45)C3=O)cc2s1)c1ccc([N+](=O)[O-])cc1. The molecule has 0 saturated carbocycles. The molecule has 0 saturated heterocycles. The van der Waals surface area contributed by atoms with Gasteiger partial charge in [-0.1, -0.05) is 36.0 Å². The second-order valence-electron chi connectivity index (χ2n) is 8.30. The van der Waals surface area contributed by atoms with E-state index in [1.54, 1.807) is 42.5 Å². The van der Waals surface area contributed by atoms with Gasteiger partial charge in [-0.05, 0) is 47.9 Å². The maximum Gasteiger partial charge on any atom is 0.269 e. The number of non-ortho nitro benzene ring substituents is 1. The highest BCUT2D eigenvalue weighted by Crippen LogP contribution is 2.36. The van der Waals surface area contributed by atoms with Crippen molar-refractivity contribution in [3.8, 4) is 0 Å². The molecule has 8 nitrogen and oxygen atoms in total. The minimum atomic E-state index is -0.511. The number of ketones is 1. The summed E-state index contributed by atoms with van der Waals surface area (Å²) in [6.07, 6.45) is 0. The van der Waals surface area contributed by atoms with Gasteiger partial charge in [0, 0.05) is 34.2 Å². The molecule has 0 unspecified atom stereocenters. The number of amides is 2. The lowest BCUT2D eigenvalue weighted by Crippen LogP contribution is -2.40. The summed E-state index contributed by atoms with van der Waals surface area (Å²) in [6, 6.07) is 21.5. The number of fused-ring (bicyclic) bond motifs is 1. The van der Waals surface area contributed by atoms with Gasteiger partial charge in [-0.15, -0.1) is 11.3 Å². The Morgan fingerprint density at radius 2 is 1.62 bits per heavy atom. The third-order valence-electron chi connectivity index (χ3n) is 6.11. The van der Waals surface area contributed by atoms with E-state index in [9.17, 15) is 24.5 Å². The van der Waals surface area contributed by atoms with E-state index in [2.05, 4.69) is 4.98 Å². The van der Waals surface area contributed by atoms with E-state index in [-0.39, 0.29) is 29.0 Å². The standard InChI is InChI=1S/C27H15N3O5S2/c31-22(15-7-9-17(10-8-15)30(34)35)14-36-27-28-21-12-11-18(13-23(21)37-27)29-25(32)19-5-1-3-16-4-2-6-20(24(16)19)26(29)33/h1-13H,14H2. The third kappa shape index (κ3) is 3.96. The van der Waals surface area contributed by atoms with E-state index in [0.717, 1.165) is 10.1 Å². The first-order valence-corrected chi connectivity index (χ1v) is 12.9. The van der Waals surface area contributed by atoms with Crippen LogP contribution in [0.25, 0.3) is 21.0 Å². The Morgan fingerprint density at radius 1 is 0.946 bits per heavy atom. The average Bonchev–Trinajstić information content (AvgIpc) is 3.33. The zero-order chi connectivity index (χ0) is 25.7. The van der Waals surface area contributed by atoms with Crippen LogP contribution in [-0.2, 0) is 0 Å². The lowest BCUT2D eigenvalue weighted by molar-refractivity contribution is -0.384. The van der Waals surface area contributed by atoms with Gasteiger partial charge in [-0.25, -0.2) is 9.88 Å². The van der Waals surface area contributed by atoms with Crippen LogP contribution in [0.3, 0.4) is 0 Å². The van der Waals surface area contributed by atoms with Crippen LogP contribution in [0.2, 0.25) is 0 Å². The number of thiazole rings is 1. The van der Waals surface area contributed by atoms with E-state index in [1.165, 1.54) is 52.3 Å². The predicted molar refractivity (Wildman–Crippen MR) is 143 cm³/mol. The van der Waals surface area contributed by atoms with Gasteiger partial charge in [0.2, 0.25) is 0 Å². The molecule has 0 aliphatic carbocycles. The molecule has 6 rings (SSSR count). The van der Waals surface area contributed by atoms with Crippen molar-refractivity contribution in [2.75, 3.05) is 10.7 Å². The number of imide groups is 1. The smallest absolute Gasteiger partial charge is 0.269 e. The zero-order valence-corrected chi connectivity index (χ0v) is 20.5. The quantitative estimate of drug-likeness (QED) is 0.0862. The van der Waals surface area contributed by atoms with Crippen molar-refractivity contribution in [3.05, 3.63) is 106 Å². The van der Waals surface area contributed by atoms with Gasteiger partial charge in [0.1, 0.15) is 0 Å². The average molecular weight is 526 g/mol. The summed E-state index contributed by atoms with van der Waals surface area (Å²) in [5.74, 6) is -0.797. The third-order valence-corrected chi connectivity index (χ3v) is 8.27. The molecule has 4 aromatic carbocycles. The number of nitrogens with zero attached hydrogens (tertiary/aromatic N) is 3. The summed E-state index contributed by atoms with van der Waals surface area (Å²) in [4.78, 5) is 55.3. The van der Waals surface area contributed by atoms with Crippen molar-refractivity contribution in [1.82, 2.24) is 4.98 Å². The molecule has 180 valence electrons. The minimum absolute atomic E-state index is 0.0722. The van der Waals surface area contributed by atoms with Crippen LogP contribution in [0.4, 0.5) is 11.4 Å². The summed E-state index contributed by atoms with van der Waals surface area (Å²) >= 11 is 2.63. The number of carbonyl (C=O) groups excluding carboxylic acids is 3. The highest BCUT2D eigenvalue weighted by atomic mass is 32.2. The van der Waals surface area contributed by atoms with Crippen LogP contribution in [0.15, 0.2) is 83.2 Å². The number of Topliss-reactive ketones (excluding diaryl/α,β-unsaturated/α-hetero) is 1. The molecule has 2 heterocycles. The summed E-state index contributed by atoms with van der Waals surface area (Å²) in [7, 11) is 0. The van der Waals surface area contributed by atoms with E-state index in [4.69, 9.17) is 0 Å². The Kier molecular flexibility index (Phi) is 5.54. The fourth-order valence-corrected chi connectivity index (χ4v) is 6.33. The van der Waals surface area contributed by atoms with E-state index >= 15 is 0 Å². The van der Waals surface area contributed by atoms with Gasteiger partial charge < -0.3 is 0 Å². The Labute approximate surface area is 217 Å². The van der Waals surface area contributed by atoms with Crippen LogP contribution >= 0.6 is 23.1 Å². The number of rotatable bonds is 6. The molecule has 0 bridgehead atoms. The molecule has 0 N–H and O–H groups in total. The number of benzene rings is 4. The van der Waals surface area contributed by atoms with Gasteiger partial charge >= 0.3 is 0 Å². The second-order valence-corrected chi connectivity index (χ2v) is 10.6. The number of carbonyl (C=O) groups is 3. The lowest BCUT2D eigenvalue weighted by Gasteiger charge is -2.27. The van der Waals surface area contributed by atoms with E-state index in [1.807, 2.05) is 12.1 Å². The number of aromatic nitrogens is 1. The number of nitro groups is 1. The molecule has 0 radical (unpaired) electrons. The van der Waals surface area contributed by atoms with E-state index in [0.29, 0.717) is 37.6 Å². The highest BCUT2D eigenvalue weighted by molar-refractivity contribution is 8.01. The summed E-state index contributed by atoms with van der Waals surface area (Å²) in [5, 5.41) is 12.3. The molecule has 1 aliphatic rings. The Bertz CT molecular complexity index is 1730. The molecule has 1 aromatic heterocycles. The van der Waals surface area contributed by atoms with Gasteiger partial charge in [0.25, 0.3) is 17.5 Å². The fraction of sp³-hybridized carbons (Fsp3) is 0.0370. The van der Waals surface area contributed by atoms with Crippen molar-refractivity contribution >= 4 is 73.1 Å². The first-order valence-electron chi connectivity index (χ1n) is 11.1. The van der Waals surface area contributed by atoms with Crippen molar-refractivity contribution < 1.29 is 19.3 Å². The van der Waals surface area contributed by atoms with Gasteiger partial charge in [-0.2, -0.15) is 0 Å². The number of nitro benzene ring substituents is 1. The first-order chi connectivity index (χ1) is 17.9. The Balaban J connectivity index is 1.25. The van der Waals surface area contributed by atoms with Crippen LogP contribution < -0.4 is 4.90 Å². The predicted octanol–water partition coefficient (Wildman–Crippen LogP) is 6.13. The monoisotopic (exact) mass is 525 g/mol. The summed E-state index contributed by atoms with van der Waals surface area (Å²) in [5.41, 5.74) is 2.43. The highest BCUT2D eigenvalue weighted by Gasteiger charge is 2.34. The fourth-order valence-electron chi connectivity index (χ4n) is 4.34. The Morgan fingerprint density at radius 3 is 2.27 bits per heavy atom. The summed E-state index contributed by atoms with van der Waals surface area (Å²) < 4.78 is 1.44. The minimum Gasteiger partial charge on any atom is -0.293 e. The molecule has 5 aromatic rings. The van der Waals surface area contributed by atoms with Gasteiger partial charge in [-0.3, -0.25) is 24.5 Å². The maximum atomic E-state index is 13.3. The summed E-state index contributed by atoms with van der Waals surface area (Å²) in [6.45, 7) is 0. The number of hydrogen-bond donors (Lipinski definition) is 0. The number of hydrogen-bond acceptors (Lipinski definition) is 8. The van der Waals surface area contributed by atoms with E-state index < -0.39 is 4.92 Å². The van der Waals surface area contributed by atoms with Gasteiger partial charge in [0.15, 0.2) is 10.1 Å². The molecule has 10 heteroatoms. The van der Waals surface area contributed by atoms with Crippen molar-refractivity contribution in [2.24, 2.45) is 0 Å². The Hall–Kier alpha value is -4.41. The van der Waals surface area contributed by atoms with Crippen molar-refractivity contribution in [3.63, 3.8) is 0 Å². The maximum absolute atomic E-state index is 13.3. The van der Waals surface area contributed by atoms with Crippen LogP contribution in [0.1, 0.15) is 31.1 Å². The molecule has 0 fully saturated rings. The topological polar surface area (TPSA) is 110 Å². The molecule has 2 amide bonds. The number of anilines is 1. The van der Waals surface area contributed by atoms with Crippen molar-refractivity contribution in [1.29, 1.82) is 0 Å². The normalized spacial score (nSPS) is 12.9. The van der Waals surface area contributed by atoms with Gasteiger partial charge in [0.05, 0.1) is 26.6 Å². The van der Waals surface area contributed by atoms with Crippen molar-refractivity contribution in [2.45, 2.75) is 4.34 Å². The number of thioether (sulfide) groups is 1. The lowest BCUT2D eigenvalue weighted by atomic mass is 9.94. The molecular formula is C27H15N3O5S2. The molecule has 1 aliphatic heterocycles. The second kappa shape index (κ2) is 8.91. The molecular weight excluding hydrogens is 510 g/mol.